The maximum Gasteiger partial charge on any atom is 0.425 e. The highest BCUT2D eigenvalue weighted by atomic mass is 32.1. The molecule has 0 radical (unpaired) electrons. The zero-order valence-corrected chi connectivity index (χ0v) is 16.3. The van der Waals surface area contributed by atoms with E-state index in [1.165, 1.54) is 14.0 Å². The Bertz CT molecular complexity index is 869. The first-order chi connectivity index (χ1) is 13.7. The molecule has 0 aliphatic carbocycles. The van der Waals surface area contributed by atoms with Gasteiger partial charge in [0.05, 0.1) is 25.4 Å². The first-order valence-electron chi connectivity index (χ1n) is 8.41. The molecule has 1 aromatic heterocycles. The topological polar surface area (TPSA) is 96.9 Å². The van der Waals surface area contributed by atoms with Gasteiger partial charge in [0.1, 0.15) is 15.6 Å². The van der Waals surface area contributed by atoms with Crippen LogP contribution < -0.4 is 15.4 Å². The van der Waals surface area contributed by atoms with Gasteiger partial charge < -0.3 is 19.9 Å². The lowest BCUT2D eigenvalue weighted by atomic mass is 10.1. The van der Waals surface area contributed by atoms with Crippen molar-refractivity contribution in [2.75, 3.05) is 25.6 Å². The third-order valence-electron chi connectivity index (χ3n) is 3.69. The van der Waals surface area contributed by atoms with E-state index in [-0.39, 0.29) is 29.5 Å². The third kappa shape index (κ3) is 5.84. The molecule has 0 spiro atoms. The summed E-state index contributed by atoms with van der Waals surface area (Å²) >= 11 is 0.205. The number of thiophene rings is 1. The standard InChI is InChI=1S/C18H19F3N2O5S/c1-3-28-16(25)11-8-14(18(19,20)21)29-15(11)23-17(26)22-9-12(24)10-6-4-5-7-13(10)27-2/h4-8,12,24H,3,9H2,1-2H3,(H2,22,23,26)/t12-/m0/s1. The smallest absolute Gasteiger partial charge is 0.425 e. The lowest BCUT2D eigenvalue weighted by Crippen LogP contribution is -2.32. The molecule has 158 valence electrons. The van der Waals surface area contributed by atoms with Gasteiger partial charge in [-0.3, -0.25) is 5.32 Å². The second-order valence-electron chi connectivity index (χ2n) is 5.66. The minimum Gasteiger partial charge on any atom is -0.496 e. The number of amides is 2. The molecule has 29 heavy (non-hydrogen) atoms. The van der Waals surface area contributed by atoms with Crippen LogP contribution >= 0.6 is 11.3 Å². The maximum atomic E-state index is 13.0. The first-order valence-corrected chi connectivity index (χ1v) is 9.23. The van der Waals surface area contributed by atoms with E-state index in [9.17, 15) is 27.9 Å². The molecule has 0 unspecified atom stereocenters. The highest BCUT2D eigenvalue weighted by Gasteiger charge is 2.35. The summed E-state index contributed by atoms with van der Waals surface area (Å²) in [6.45, 7) is 1.24. The molecule has 0 fully saturated rings. The monoisotopic (exact) mass is 432 g/mol. The summed E-state index contributed by atoms with van der Waals surface area (Å²) in [5, 5.41) is 14.5. The van der Waals surface area contributed by atoms with Gasteiger partial charge in [0.2, 0.25) is 0 Å². The quantitative estimate of drug-likeness (QED) is 0.578. The molecule has 2 amide bonds. The van der Waals surface area contributed by atoms with Crippen LogP contribution in [0.15, 0.2) is 30.3 Å². The van der Waals surface area contributed by atoms with Gasteiger partial charge in [0.25, 0.3) is 0 Å². The molecule has 1 aromatic carbocycles. The largest absolute Gasteiger partial charge is 0.496 e. The maximum absolute atomic E-state index is 13.0. The average Bonchev–Trinajstić information content (AvgIpc) is 3.10. The van der Waals surface area contributed by atoms with Crippen molar-refractivity contribution in [2.45, 2.75) is 19.2 Å². The van der Waals surface area contributed by atoms with Crippen molar-refractivity contribution < 1.29 is 37.3 Å². The van der Waals surface area contributed by atoms with Gasteiger partial charge in [-0.05, 0) is 19.1 Å². The van der Waals surface area contributed by atoms with E-state index in [1.807, 2.05) is 0 Å². The number of halogens is 3. The number of carbonyl (C=O) groups excluding carboxylic acids is 2. The van der Waals surface area contributed by atoms with Gasteiger partial charge in [-0.25, -0.2) is 9.59 Å². The SMILES string of the molecule is CCOC(=O)c1cc(C(F)(F)F)sc1NC(=O)NC[C@H](O)c1ccccc1OC. The van der Waals surface area contributed by atoms with Crippen molar-refractivity contribution >= 4 is 28.3 Å². The Hall–Kier alpha value is -2.79. The molecule has 2 aromatic rings. The van der Waals surface area contributed by atoms with Crippen LogP contribution in [0.5, 0.6) is 5.75 Å². The van der Waals surface area contributed by atoms with Gasteiger partial charge in [-0.2, -0.15) is 13.2 Å². The summed E-state index contributed by atoms with van der Waals surface area (Å²) in [6.07, 6.45) is -5.79. The van der Waals surface area contributed by atoms with Gasteiger partial charge in [-0.1, -0.05) is 18.2 Å². The molecule has 0 aliphatic rings. The molecule has 0 saturated heterocycles. The van der Waals surface area contributed by atoms with Crippen LogP contribution in [0.25, 0.3) is 0 Å². The van der Waals surface area contributed by atoms with Crippen molar-refractivity contribution in [1.29, 1.82) is 0 Å². The van der Waals surface area contributed by atoms with Gasteiger partial charge in [0, 0.05) is 12.1 Å². The predicted octanol–water partition coefficient (Wildman–Crippen LogP) is 3.81. The molecule has 11 heteroatoms. The fourth-order valence-electron chi connectivity index (χ4n) is 2.37. The van der Waals surface area contributed by atoms with Crippen molar-refractivity contribution in [3.05, 3.63) is 46.3 Å². The van der Waals surface area contributed by atoms with Crippen molar-refractivity contribution in [1.82, 2.24) is 5.32 Å². The zero-order valence-electron chi connectivity index (χ0n) is 15.5. The Balaban J connectivity index is 2.09. The van der Waals surface area contributed by atoms with Crippen LogP contribution in [0.3, 0.4) is 0 Å². The number of rotatable bonds is 7. The number of hydrogen-bond donors (Lipinski definition) is 3. The van der Waals surface area contributed by atoms with Crippen molar-refractivity contribution in [2.24, 2.45) is 0 Å². The summed E-state index contributed by atoms with van der Waals surface area (Å²) < 4.78 is 48.8. The molecule has 0 saturated carbocycles. The van der Waals surface area contributed by atoms with Crippen LogP contribution in [-0.4, -0.2) is 37.4 Å². The lowest BCUT2D eigenvalue weighted by molar-refractivity contribution is -0.134. The lowest BCUT2D eigenvalue weighted by Gasteiger charge is -2.15. The number of aliphatic hydroxyl groups is 1. The minimum absolute atomic E-state index is 0.0350. The van der Waals surface area contributed by atoms with Crippen LogP contribution in [0.1, 0.15) is 33.8 Å². The molecule has 0 aliphatic heterocycles. The van der Waals surface area contributed by atoms with Crippen LogP contribution in [0.2, 0.25) is 0 Å². The molecule has 1 atom stereocenters. The van der Waals surface area contributed by atoms with Gasteiger partial charge in [0.15, 0.2) is 0 Å². The van der Waals surface area contributed by atoms with E-state index in [4.69, 9.17) is 9.47 Å². The molecular weight excluding hydrogens is 413 g/mol. The van der Waals surface area contributed by atoms with E-state index in [2.05, 4.69) is 10.6 Å². The van der Waals surface area contributed by atoms with E-state index in [0.29, 0.717) is 17.4 Å². The second kappa shape index (κ2) is 9.61. The number of urea groups is 1. The summed E-state index contributed by atoms with van der Waals surface area (Å²) in [6, 6.07) is 6.37. The third-order valence-corrected chi connectivity index (χ3v) is 4.78. The number of methoxy groups -OCH3 is 1. The number of carbonyl (C=O) groups is 2. The van der Waals surface area contributed by atoms with E-state index in [1.54, 1.807) is 24.3 Å². The zero-order chi connectivity index (χ0) is 21.6. The molecule has 7 nitrogen and oxygen atoms in total. The number of aliphatic hydroxyl groups excluding tert-OH is 1. The minimum atomic E-state index is -4.68. The van der Waals surface area contributed by atoms with Crippen LogP contribution in [-0.2, 0) is 10.9 Å². The number of ether oxygens (including phenoxy) is 2. The highest BCUT2D eigenvalue weighted by molar-refractivity contribution is 7.16. The summed E-state index contributed by atoms with van der Waals surface area (Å²) in [5.74, 6) is -0.566. The van der Waals surface area contributed by atoms with Gasteiger partial charge >= 0.3 is 18.2 Å². The van der Waals surface area contributed by atoms with E-state index >= 15 is 0 Å². The Morgan fingerprint density at radius 3 is 2.59 bits per heavy atom. The molecule has 2 rings (SSSR count). The van der Waals surface area contributed by atoms with Crippen molar-refractivity contribution in [3.8, 4) is 5.75 Å². The molecule has 3 N–H and O–H groups in total. The predicted molar refractivity (Wildman–Crippen MR) is 100 cm³/mol. The first kappa shape index (κ1) is 22.5. The Morgan fingerprint density at radius 2 is 1.97 bits per heavy atom. The molecule has 1 heterocycles. The number of anilines is 1. The van der Waals surface area contributed by atoms with Gasteiger partial charge in [-0.15, -0.1) is 11.3 Å². The summed E-state index contributed by atoms with van der Waals surface area (Å²) in [5.41, 5.74) is 0.0302. The van der Waals surface area contributed by atoms with Crippen LogP contribution in [0, 0.1) is 0 Å². The van der Waals surface area contributed by atoms with E-state index < -0.39 is 34.7 Å². The second-order valence-corrected chi connectivity index (χ2v) is 6.72. The Labute approximate surface area is 168 Å². The summed E-state index contributed by atoms with van der Waals surface area (Å²) in [7, 11) is 1.43. The number of benzene rings is 1. The fraction of sp³-hybridized carbons (Fsp3) is 0.333. The number of para-hydroxylation sites is 1. The van der Waals surface area contributed by atoms with Crippen LogP contribution in [0.4, 0.5) is 23.0 Å². The Morgan fingerprint density at radius 1 is 1.28 bits per heavy atom. The van der Waals surface area contributed by atoms with E-state index in [0.717, 1.165) is 0 Å². The summed E-state index contributed by atoms with van der Waals surface area (Å²) in [4.78, 5) is 23.0. The molecule has 0 bridgehead atoms. The number of esters is 1. The highest BCUT2D eigenvalue weighted by Crippen LogP contribution is 2.39. The fourth-order valence-corrected chi connectivity index (χ4v) is 3.28. The number of nitrogens with one attached hydrogen (secondary N) is 2. The Kier molecular flexibility index (Phi) is 7.46. The number of hydrogen-bond acceptors (Lipinski definition) is 6. The molecular formula is C18H19F3N2O5S. The van der Waals surface area contributed by atoms with Crippen molar-refractivity contribution in [3.63, 3.8) is 0 Å². The average molecular weight is 432 g/mol. The number of alkyl halides is 3. The normalized spacial score (nSPS) is 12.2.